The van der Waals surface area contributed by atoms with Gasteiger partial charge in [0, 0.05) is 19.1 Å². The van der Waals surface area contributed by atoms with E-state index in [9.17, 15) is 9.59 Å². The lowest BCUT2D eigenvalue weighted by Crippen LogP contribution is -2.47. The van der Waals surface area contributed by atoms with Crippen molar-refractivity contribution in [1.82, 2.24) is 15.5 Å². The second-order valence-electron chi connectivity index (χ2n) is 4.78. The fraction of sp³-hybridized carbons (Fsp3) is 0.833. The van der Waals surface area contributed by atoms with E-state index in [1.54, 1.807) is 11.8 Å². The summed E-state index contributed by atoms with van der Waals surface area (Å²) in [5.74, 6) is -0.277. The van der Waals surface area contributed by atoms with E-state index >= 15 is 0 Å². The number of amides is 2. The quantitative estimate of drug-likeness (QED) is 0.579. The molecular weight excluding hydrogens is 266 g/mol. The number of carbonyl (C=O) groups is 2. The van der Waals surface area contributed by atoms with Crippen molar-refractivity contribution in [2.75, 3.05) is 32.1 Å². The van der Waals surface area contributed by atoms with E-state index in [-0.39, 0.29) is 0 Å². The summed E-state index contributed by atoms with van der Waals surface area (Å²) in [6, 6.07) is -0.551. The lowest BCUT2D eigenvalue weighted by atomic mass is 10.2. The first-order valence-corrected chi connectivity index (χ1v) is 7.90. The number of hydrogen-bond acceptors (Lipinski definition) is 4. The van der Waals surface area contributed by atoms with E-state index in [0.29, 0.717) is 24.8 Å². The molecule has 1 aliphatic rings. The number of nitrogens with one attached hydrogen (secondary N) is 2. The van der Waals surface area contributed by atoms with Crippen LogP contribution in [0.2, 0.25) is 0 Å². The van der Waals surface area contributed by atoms with Gasteiger partial charge in [0.25, 0.3) is 0 Å². The van der Waals surface area contributed by atoms with Gasteiger partial charge in [-0.3, -0.25) is 0 Å². The highest BCUT2D eigenvalue weighted by molar-refractivity contribution is 7.98. The van der Waals surface area contributed by atoms with E-state index in [4.69, 9.17) is 5.11 Å². The van der Waals surface area contributed by atoms with Crippen LogP contribution in [0.3, 0.4) is 0 Å². The van der Waals surface area contributed by atoms with Gasteiger partial charge in [-0.25, -0.2) is 9.59 Å². The lowest BCUT2D eigenvalue weighted by Gasteiger charge is -2.17. The zero-order valence-corrected chi connectivity index (χ0v) is 12.3. The zero-order valence-electron chi connectivity index (χ0n) is 11.5. The summed E-state index contributed by atoms with van der Waals surface area (Å²) >= 11 is 1.56. The molecule has 0 aromatic rings. The third-order valence-electron chi connectivity index (χ3n) is 3.13. The average Bonchev–Trinajstić information content (AvgIpc) is 3.18. The average molecular weight is 289 g/mol. The van der Waals surface area contributed by atoms with Crippen molar-refractivity contribution in [2.45, 2.75) is 31.3 Å². The summed E-state index contributed by atoms with van der Waals surface area (Å²) in [4.78, 5) is 24.7. The molecule has 0 unspecified atom stereocenters. The van der Waals surface area contributed by atoms with Crippen LogP contribution in [-0.2, 0) is 4.79 Å². The second-order valence-corrected chi connectivity index (χ2v) is 5.77. The Morgan fingerprint density at radius 1 is 1.47 bits per heavy atom. The van der Waals surface area contributed by atoms with Crippen LogP contribution in [0.5, 0.6) is 0 Å². The van der Waals surface area contributed by atoms with Crippen molar-refractivity contribution in [2.24, 2.45) is 0 Å². The van der Waals surface area contributed by atoms with Crippen LogP contribution in [0, 0.1) is 0 Å². The molecule has 0 bridgehead atoms. The third kappa shape index (κ3) is 6.68. The first-order valence-electron chi connectivity index (χ1n) is 6.51. The number of carboxylic acids is 1. The normalized spacial score (nSPS) is 16.2. The van der Waals surface area contributed by atoms with Crippen LogP contribution in [-0.4, -0.2) is 66.2 Å². The van der Waals surface area contributed by atoms with E-state index in [1.807, 2.05) is 13.3 Å². The van der Waals surface area contributed by atoms with Crippen molar-refractivity contribution in [3.8, 4) is 0 Å². The maximum Gasteiger partial charge on any atom is 0.326 e. The van der Waals surface area contributed by atoms with Crippen LogP contribution in [0.25, 0.3) is 0 Å². The first kappa shape index (κ1) is 16.1. The molecule has 2 amide bonds. The molecule has 0 aromatic carbocycles. The molecule has 6 nitrogen and oxygen atoms in total. The minimum Gasteiger partial charge on any atom is -0.480 e. The Bertz CT molecular complexity index is 311. The minimum atomic E-state index is -0.987. The number of aliphatic carboxylic acids is 1. The monoisotopic (exact) mass is 289 g/mol. The fourth-order valence-corrected chi connectivity index (χ4v) is 2.22. The maximum absolute atomic E-state index is 11.6. The molecule has 0 saturated heterocycles. The van der Waals surface area contributed by atoms with Gasteiger partial charge in [-0.15, -0.1) is 0 Å². The van der Waals surface area contributed by atoms with Gasteiger partial charge in [0.1, 0.15) is 6.04 Å². The zero-order chi connectivity index (χ0) is 14.3. The molecule has 1 atom stereocenters. The summed E-state index contributed by atoms with van der Waals surface area (Å²) in [5.41, 5.74) is 0. The van der Waals surface area contributed by atoms with Gasteiger partial charge >= 0.3 is 12.0 Å². The molecule has 0 aromatic heterocycles. The highest BCUT2D eigenvalue weighted by Gasteiger charge is 2.25. The second kappa shape index (κ2) is 8.27. The minimum absolute atomic E-state index is 0.405. The van der Waals surface area contributed by atoms with E-state index < -0.39 is 18.0 Å². The van der Waals surface area contributed by atoms with E-state index in [1.165, 1.54) is 12.8 Å². The molecule has 3 N–H and O–H groups in total. The Hall–Kier alpha value is -0.950. The Morgan fingerprint density at radius 2 is 2.16 bits per heavy atom. The Labute approximate surface area is 118 Å². The van der Waals surface area contributed by atoms with Crippen molar-refractivity contribution < 1.29 is 14.7 Å². The SMILES string of the molecule is CSCC[C@@H](NC(=O)NCCN(C)C1CC1)C(=O)O. The summed E-state index contributed by atoms with van der Waals surface area (Å²) in [6.07, 6.45) is 4.82. The Balaban J connectivity index is 2.17. The van der Waals surface area contributed by atoms with Gasteiger partial charge in [-0.1, -0.05) is 0 Å². The summed E-state index contributed by atoms with van der Waals surface area (Å²) < 4.78 is 0. The number of rotatable bonds is 9. The van der Waals surface area contributed by atoms with Gasteiger partial charge in [0.15, 0.2) is 0 Å². The molecule has 0 aliphatic heterocycles. The van der Waals surface area contributed by atoms with E-state index in [2.05, 4.69) is 15.5 Å². The lowest BCUT2D eigenvalue weighted by molar-refractivity contribution is -0.139. The highest BCUT2D eigenvalue weighted by atomic mass is 32.2. The molecule has 1 rings (SSSR count). The molecule has 7 heteroatoms. The largest absolute Gasteiger partial charge is 0.480 e. The van der Waals surface area contributed by atoms with Crippen molar-refractivity contribution >= 4 is 23.8 Å². The topological polar surface area (TPSA) is 81.7 Å². The molecule has 110 valence electrons. The molecule has 0 radical (unpaired) electrons. The number of hydrogen-bond donors (Lipinski definition) is 3. The number of urea groups is 1. The summed E-state index contributed by atoms with van der Waals surface area (Å²) in [6.45, 7) is 1.33. The van der Waals surface area contributed by atoms with Crippen LogP contribution >= 0.6 is 11.8 Å². The van der Waals surface area contributed by atoms with Crippen LogP contribution in [0.15, 0.2) is 0 Å². The number of thioether (sulfide) groups is 1. The van der Waals surface area contributed by atoms with Gasteiger partial charge in [-0.2, -0.15) is 11.8 Å². The summed E-state index contributed by atoms with van der Waals surface area (Å²) in [5, 5.41) is 14.2. The molecule has 1 fully saturated rings. The van der Waals surface area contributed by atoms with Gasteiger partial charge in [-0.05, 0) is 38.3 Å². The molecule has 1 aliphatic carbocycles. The van der Waals surface area contributed by atoms with Crippen LogP contribution in [0.4, 0.5) is 4.79 Å². The van der Waals surface area contributed by atoms with Crippen molar-refractivity contribution in [1.29, 1.82) is 0 Å². The third-order valence-corrected chi connectivity index (χ3v) is 3.78. The van der Waals surface area contributed by atoms with Gasteiger partial charge in [0.2, 0.25) is 0 Å². The number of carboxylic acid groups (broad SMARTS) is 1. The molecule has 0 spiro atoms. The highest BCUT2D eigenvalue weighted by Crippen LogP contribution is 2.24. The fourth-order valence-electron chi connectivity index (χ4n) is 1.75. The molecular formula is C12H23N3O3S. The smallest absolute Gasteiger partial charge is 0.326 e. The molecule has 19 heavy (non-hydrogen) atoms. The Morgan fingerprint density at radius 3 is 2.68 bits per heavy atom. The number of carbonyl (C=O) groups excluding carboxylic acids is 1. The molecule has 1 saturated carbocycles. The van der Waals surface area contributed by atoms with Gasteiger partial charge in [0.05, 0.1) is 0 Å². The first-order chi connectivity index (χ1) is 9.04. The van der Waals surface area contributed by atoms with Crippen LogP contribution < -0.4 is 10.6 Å². The number of likely N-dealkylation sites (N-methyl/N-ethyl adjacent to an activating group) is 1. The predicted molar refractivity (Wildman–Crippen MR) is 76.6 cm³/mol. The number of nitrogens with zero attached hydrogens (tertiary/aromatic N) is 1. The van der Waals surface area contributed by atoms with Crippen molar-refractivity contribution in [3.63, 3.8) is 0 Å². The standard InChI is InChI=1S/C12H23N3O3S/c1-15(9-3-4-9)7-6-13-12(18)14-10(11(16)17)5-8-19-2/h9-10H,3-8H2,1-2H3,(H,16,17)(H2,13,14,18)/t10-/m1/s1. The van der Waals surface area contributed by atoms with Gasteiger partial charge < -0.3 is 20.6 Å². The Kier molecular flexibility index (Phi) is 7.01. The van der Waals surface area contributed by atoms with Crippen molar-refractivity contribution in [3.05, 3.63) is 0 Å². The van der Waals surface area contributed by atoms with Crippen LogP contribution in [0.1, 0.15) is 19.3 Å². The maximum atomic E-state index is 11.6. The molecule has 0 heterocycles. The van der Waals surface area contributed by atoms with E-state index in [0.717, 1.165) is 6.54 Å². The predicted octanol–water partition coefficient (Wildman–Crippen LogP) is 0.586. The summed E-state index contributed by atoms with van der Waals surface area (Å²) in [7, 11) is 2.04.